The SMILES string of the molecule is CC(C)(C)O[C@@H]1OC(COC(C)(C)CO)C(C(C)(C)C)[C@H](O)[C@H]1O. The van der Waals surface area contributed by atoms with Gasteiger partial charge in [-0.15, -0.1) is 0 Å². The molecule has 144 valence electrons. The van der Waals surface area contributed by atoms with Crippen LogP contribution in [0.4, 0.5) is 0 Å². The van der Waals surface area contributed by atoms with Crippen LogP contribution in [0.3, 0.4) is 0 Å². The molecule has 3 N–H and O–H groups in total. The van der Waals surface area contributed by atoms with Gasteiger partial charge in [0.1, 0.15) is 6.10 Å². The molecule has 0 radical (unpaired) electrons. The largest absolute Gasteiger partial charge is 0.393 e. The summed E-state index contributed by atoms with van der Waals surface area (Å²) in [5.74, 6) is -0.332. The first-order chi connectivity index (χ1) is 10.7. The molecule has 6 heteroatoms. The van der Waals surface area contributed by atoms with Gasteiger partial charge in [-0.25, -0.2) is 0 Å². The number of ether oxygens (including phenoxy) is 3. The molecule has 1 aliphatic heterocycles. The van der Waals surface area contributed by atoms with Gasteiger partial charge in [-0.1, -0.05) is 20.8 Å². The second-order valence-electron chi connectivity index (χ2n) is 9.37. The fourth-order valence-electron chi connectivity index (χ4n) is 2.94. The minimum atomic E-state index is -1.13. The van der Waals surface area contributed by atoms with Gasteiger partial charge in [0, 0.05) is 5.92 Å². The lowest BCUT2D eigenvalue weighted by Crippen LogP contribution is -2.61. The third kappa shape index (κ3) is 5.93. The molecule has 1 saturated heterocycles. The van der Waals surface area contributed by atoms with Crippen molar-refractivity contribution in [3.8, 4) is 0 Å². The second kappa shape index (κ2) is 7.56. The van der Waals surface area contributed by atoms with Gasteiger partial charge in [-0.2, -0.15) is 0 Å². The van der Waals surface area contributed by atoms with Crippen molar-refractivity contribution in [2.24, 2.45) is 11.3 Å². The van der Waals surface area contributed by atoms with Crippen molar-refractivity contribution < 1.29 is 29.5 Å². The van der Waals surface area contributed by atoms with Crippen LogP contribution in [0.15, 0.2) is 0 Å². The van der Waals surface area contributed by atoms with Crippen LogP contribution in [0.5, 0.6) is 0 Å². The van der Waals surface area contributed by atoms with E-state index in [1.165, 1.54) is 0 Å². The Balaban J connectivity index is 2.99. The summed E-state index contributed by atoms with van der Waals surface area (Å²) >= 11 is 0. The highest BCUT2D eigenvalue weighted by Crippen LogP contribution is 2.40. The predicted octanol–water partition coefficient (Wildman–Crippen LogP) is 1.70. The lowest BCUT2D eigenvalue weighted by Gasteiger charge is -2.49. The minimum absolute atomic E-state index is 0.118. The first kappa shape index (κ1) is 21.8. The summed E-state index contributed by atoms with van der Waals surface area (Å²) < 4.78 is 17.5. The molecule has 0 amide bonds. The molecular formula is C18H36O6. The highest BCUT2D eigenvalue weighted by atomic mass is 16.7. The van der Waals surface area contributed by atoms with E-state index in [0.717, 1.165) is 0 Å². The van der Waals surface area contributed by atoms with Gasteiger partial charge >= 0.3 is 0 Å². The summed E-state index contributed by atoms with van der Waals surface area (Å²) in [6, 6.07) is 0. The van der Waals surface area contributed by atoms with E-state index in [1.54, 1.807) is 13.8 Å². The number of aliphatic hydroxyl groups is 3. The van der Waals surface area contributed by atoms with Crippen molar-refractivity contribution in [3.05, 3.63) is 0 Å². The van der Waals surface area contributed by atoms with Crippen molar-refractivity contribution in [1.29, 1.82) is 0 Å². The van der Waals surface area contributed by atoms with Crippen molar-refractivity contribution >= 4 is 0 Å². The summed E-state index contributed by atoms with van der Waals surface area (Å²) in [5, 5.41) is 30.5. The van der Waals surface area contributed by atoms with Gasteiger partial charge in [0.25, 0.3) is 0 Å². The molecule has 0 aromatic carbocycles. The fourth-order valence-corrected chi connectivity index (χ4v) is 2.94. The Morgan fingerprint density at radius 3 is 1.88 bits per heavy atom. The van der Waals surface area contributed by atoms with E-state index in [1.807, 2.05) is 41.5 Å². The maximum absolute atomic E-state index is 10.7. The third-order valence-corrected chi connectivity index (χ3v) is 4.19. The molecule has 2 unspecified atom stereocenters. The van der Waals surface area contributed by atoms with Gasteiger partial charge in [0.2, 0.25) is 0 Å². The first-order valence-electron chi connectivity index (χ1n) is 8.62. The maximum Gasteiger partial charge on any atom is 0.187 e. The van der Waals surface area contributed by atoms with Gasteiger partial charge in [-0.3, -0.25) is 0 Å². The van der Waals surface area contributed by atoms with Gasteiger partial charge in [-0.05, 0) is 40.0 Å². The summed E-state index contributed by atoms with van der Waals surface area (Å²) in [4.78, 5) is 0. The first-order valence-corrected chi connectivity index (χ1v) is 8.62. The van der Waals surface area contributed by atoms with E-state index in [0.29, 0.717) is 0 Å². The molecule has 0 spiro atoms. The van der Waals surface area contributed by atoms with E-state index >= 15 is 0 Å². The molecule has 1 heterocycles. The molecule has 0 aromatic heterocycles. The third-order valence-electron chi connectivity index (χ3n) is 4.19. The Labute approximate surface area is 146 Å². The molecule has 0 bridgehead atoms. The Hall–Kier alpha value is -0.240. The quantitative estimate of drug-likeness (QED) is 0.701. The molecule has 0 aliphatic carbocycles. The Kier molecular flexibility index (Phi) is 6.87. The second-order valence-corrected chi connectivity index (χ2v) is 9.37. The number of hydrogen-bond acceptors (Lipinski definition) is 6. The Morgan fingerprint density at radius 2 is 1.46 bits per heavy atom. The van der Waals surface area contributed by atoms with Crippen LogP contribution >= 0.6 is 0 Å². The zero-order valence-corrected chi connectivity index (χ0v) is 16.4. The van der Waals surface area contributed by atoms with E-state index < -0.39 is 35.8 Å². The molecule has 1 aliphatic rings. The smallest absolute Gasteiger partial charge is 0.187 e. The fraction of sp³-hybridized carbons (Fsp3) is 1.00. The molecule has 1 fully saturated rings. The Bertz CT molecular complexity index is 393. The summed E-state index contributed by atoms with van der Waals surface area (Å²) in [6.07, 6.45) is -3.50. The molecule has 1 rings (SSSR count). The lowest BCUT2D eigenvalue weighted by atomic mass is 9.71. The topological polar surface area (TPSA) is 88.4 Å². The van der Waals surface area contributed by atoms with Crippen LogP contribution in [0.1, 0.15) is 55.4 Å². The van der Waals surface area contributed by atoms with Crippen LogP contribution in [0.25, 0.3) is 0 Å². The zero-order valence-electron chi connectivity index (χ0n) is 16.4. The zero-order chi connectivity index (χ0) is 18.9. The van der Waals surface area contributed by atoms with Gasteiger partial charge in [0.05, 0.1) is 36.6 Å². The van der Waals surface area contributed by atoms with Crippen LogP contribution in [0, 0.1) is 11.3 Å². The number of hydrogen-bond donors (Lipinski definition) is 3. The molecule has 24 heavy (non-hydrogen) atoms. The summed E-state index contributed by atoms with van der Waals surface area (Å²) in [6.45, 7) is 15.2. The van der Waals surface area contributed by atoms with Gasteiger partial charge in [0.15, 0.2) is 6.29 Å². The van der Waals surface area contributed by atoms with Crippen molar-refractivity contribution in [2.75, 3.05) is 13.2 Å². The van der Waals surface area contributed by atoms with E-state index in [9.17, 15) is 15.3 Å². The average molecular weight is 348 g/mol. The summed E-state index contributed by atoms with van der Waals surface area (Å²) in [7, 11) is 0. The summed E-state index contributed by atoms with van der Waals surface area (Å²) in [5.41, 5.74) is -1.52. The maximum atomic E-state index is 10.7. The highest BCUT2D eigenvalue weighted by molar-refractivity contribution is 4.95. The monoisotopic (exact) mass is 348 g/mol. The number of aliphatic hydroxyl groups excluding tert-OH is 3. The highest BCUT2D eigenvalue weighted by Gasteiger charge is 2.50. The van der Waals surface area contributed by atoms with E-state index in [4.69, 9.17) is 14.2 Å². The molecule has 5 atom stereocenters. The number of rotatable bonds is 5. The Morgan fingerprint density at radius 1 is 0.917 bits per heavy atom. The predicted molar refractivity (Wildman–Crippen MR) is 91.6 cm³/mol. The molecule has 0 aromatic rings. The standard InChI is InChI=1S/C18H36O6/c1-16(2,3)12-11(9-22-18(7,8)10-19)23-15(14(21)13(12)20)24-17(4,5)6/h11-15,19-21H,9-10H2,1-8H3/t11?,12?,13-,14+,15-/m0/s1. The normalized spacial score (nSPS) is 32.9. The van der Waals surface area contributed by atoms with Crippen LogP contribution in [-0.4, -0.2) is 64.3 Å². The van der Waals surface area contributed by atoms with E-state index in [2.05, 4.69) is 0 Å². The molecule has 6 nitrogen and oxygen atoms in total. The van der Waals surface area contributed by atoms with Crippen molar-refractivity contribution in [3.63, 3.8) is 0 Å². The van der Waals surface area contributed by atoms with Crippen molar-refractivity contribution in [1.82, 2.24) is 0 Å². The van der Waals surface area contributed by atoms with Crippen LogP contribution < -0.4 is 0 Å². The van der Waals surface area contributed by atoms with Crippen molar-refractivity contribution in [2.45, 2.75) is 91.2 Å². The van der Waals surface area contributed by atoms with Crippen LogP contribution in [-0.2, 0) is 14.2 Å². The minimum Gasteiger partial charge on any atom is -0.393 e. The molecular weight excluding hydrogens is 312 g/mol. The van der Waals surface area contributed by atoms with Gasteiger partial charge < -0.3 is 29.5 Å². The van der Waals surface area contributed by atoms with Crippen LogP contribution in [0.2, 0.25) is 0 Å². The molecule has 0 saturated carbocycles. The lowest BCUT2D eigenvalue weighted by molar-refractivity contribution is -0.325. The average Bonchev–Trinajstić information content (AvgIpc) is 2.39. The van der Waals surface area contributed by atoms with E-state index in [-0.39, 0.29) is 24.5 Å².